The number of aryl methyl sites for hydroxylation is 1. The molecule has 1 amide bonds. The molecule has 1 atom stereocenters. The van der Waals surface area contributed by atoms with Gasteiger partial charge in [0, 0.05) is 38.9 Å². The molecule has 6 nitrogen and oxygen atoms in total. The lowest BCUT2D eigenvalue weighted by molar-refractivity contribution is -0.140. The molecule has 4 rings (SSSR count). The summed E-state index contributed by atoms with van der Waals surface area (Å²) >= 11 is 0. The first-order chi connectivity index (χ1) is 17.6. The zero-order chi connectivity index (χ0) is 26.6. The predicted molar refractivity (Wildman–Crippen MR) is 130 cm³/mol. The highest BCUT2D eigenvalue weighted by Crippen LogP contribution is 2.32. The Morgan fingerprint density at radius 1 is 1.11 bits per heavy atom. The summed E-state index contributed by atoms with van der Waals surface area (Å²) in [5, 5.41) is 0. The van der Waals surface area contributed by atoms with Gasteiger partial charge in [-0.25, -0.2) is 9.37 Å². The number of benzene rings is 2. The zero-order valence-electron chi connectivity index (χ0n) is 20.8. The zero-order valence-corrected chi connectivity index (χ0v) is 20.8. The van der Waals surface area contributed by atoms with Gasteiger partial charge in [0.2, 0.25) is 0 Å². The van der Waals surface area contributed by atoms with Crippen LogP contribution in [0.5, 0.6) is 5.75 Å². The summed E-state index contributed by atoms with van der Waals surface area (Å²) in [4.78, 5) is 21.5. The molecule has 1 unspecified atom stereocenters. The van der Waals surface area contributed by atoms with Crippen LogP contribution in [-0.2, 0) is 26.3 Å². The molecule has 198 valence electrons. The second kappa shape index (κ2) is 11.3. The van der Waals surface area contributed by atoms with Crippen molar-refractivity contribution in [1.82, 2.24) is 19.4 Å². The van der Waals surface area contributed by atoms with E-state index in [1.807, 2.05) is 24.3 Å². The summed E-state index contributed by atoms with van der Waals surface area (Å²) < 4.78 is 60.7. The Labute approximate surface area is 213 Å². The fourth-order valence-electron chi connectivity index (χ4n) is 4.72. The van der Waals surface area contributed by atoms with Crippen LogP contribution in [0.25, 0.3) is 0 Å². The van der Waals surface area contributed by atoms with E-state index in [0.29, 0.717) is 12.8 Å². The predicted octanol–water partition coefficient (Wildman–Crippen LogP) is 5.28. The minimum absolute atomic E-state index is 0.0675. The third-order valence-electron chi connectivity index (χ3n) is 6.67. The van der Waals surface area contributed by atoms with Gasteiger partial charge in [0.15, 0.2) is 0 Å². The molecule has 1 aromatic heterocycles. The van der Waals surface area contributed by atoms with Crippen molar-refractivity contribution in [1.29, 1.82) is 0 Å². The summed E-state index contributed by atoms with van der Waals surface area (Å²) in [6, 6.07) is 10.6. The van der Waals surface area contributed by atoms with E-state index < -0.39 is 17.6 Å². The number of imidazole rings is 1. The van der Waals surface area contributed by atoms with E-state index in [4.69, 9.17) is 4.74 Å². The second-order valence-corrected chi connectivity index (χ2v) is 9.38. The summed E-state index contributed by atoms with van der Waals surface area (Å²) in [7, 11) is 3.37. The van der Waals surface area contributed by atoms with Crippen molar-refractivity contribution in [3.05, 3.63) is 83.2 Å². The summed E-state index contributed by atoms with van der Waals surface area (Å²) in [6.07, 6.45) is 0.458. The van der Waals surface area contributed by atoms with Gasteiger partial charge in [-0.3, -0.25) is 9.69 Å². The van der Waals surface area contributed by atoms with Gasteiger partial charge in [0.25, 0.3) is 5.91 Å². The molecule has 0 aliphatic carbocycles. The number of likely N-dealkylation sites (tertiary alicyclic amines) is 1. The van der Waals surface area contributed by atoms with E-state index in [1.165, 1.54) is 12.4 Å². The van der Waals surface area contributed by atoms with E-state index in [1.54, 1.807) is 29.8 Å². The Morgan fingerprint density at radius 2 is 1.84 bits per heavy atom. The Hall–Kier alpha value is -3.40. The lowest BCUT2D eigenvalue weighted by Gasteiger charge is -2.31. The van der Waals surface area contributed by atoms with Crippen molar-refractivity contribution in [2.45, 2.75) is 44.6 Å². The van der Waals surface area contributed by atoms with Gasteiger partial charge < -0.3 is 14.2 Å². The van der Waals surface area contributed by atoms with E-state index in [-0.39, 0.29) is 29.8 Å². The van der Waals surface area contributed by atoms with E-state index in [9.17, 15) is 22.4 Å². The van der Waals surface area contributed by atoms with Gasteiger partial charge in [0.1, 0.15) is 17.3 Å². The molecule has 0 spiro atoms. The minimum atomic E-state index is -4.82. The first-order valence-electron chi connectivity index (χ1n) is 12.1. The minimum Gasteiger partial charge on any atom is -0.497 e. The SMILES string of the molecule is COc1ccc(CN2CCCC(N(Cc3ccc(F)c(C(F)(F)F)c3)C(=O)c3cn(C)cn3)CC2)cc1. The Kier molecular flexibility index (Phi) is 8.16. The van der Waals surface area contributed by atoms with Gasteiger partial charge in [0.05, 0.1) is 19.0 Å². The molecule has 0 radical (unpaired) electrons. The first-order valence-corrected chi connectivity index (χ1v) is 12.1. The Balaban J connectivity index is 1.53. The monoisotopic (exact) mass is 518 g/mol. The molecular formula is C27H30F4N4O2. The number of carbonyl (C=O) groups is 1. The number of rotatable bonds is 7. The maximum absolute atomic E-state index is 13.9. The highest BCUT2D eigenvalue weighted by atomic mass is 19.4. The van der Waals surface area contributed by atoms with Crippen LogP contribution < -0.4 is 4.74 Å². The van der Waals surface area contributed by atoms with Crippen LogP contribution in [0.1, 0.15) is 46.4 Å². The number of halogens is 4. The summed E-state index contributed by atoms with van der Waals surface area (Å²) in [5.74, 6) is -0.896. The largest absolute Gasteiger partial charge is 0.497 e. The van der Waals surface area contributed by atoms with Crippen LogP contribution in [0.2, 0.25) is 0 Å². The number of amides is 1. The van der Waals surface area contributed by atoms with Gasteiger partial charge in [-0.15, -0.1) is 0 Å². The topological polar surface area (TPSA) is 50.6 Å². The molecule has 0 N–H and O–H groups in total. The Bertz CT molecular complexity index is 1210. The molecule has 0 saturated carbocycles. The number of hydrogen-bond donors (Lipinski definition) is 0. The van der Waals surface area contributed by atoms with Crippen molar-refractivity contribution in [2.24, 2.45) is 7.05 Å². The number of carbonyl (C=O) groups excluding carboxylic acids is 1. The molecule has 3 aromatic rings. The lowest BCUT2D eigenvalue weighted by atomic mass is 10.0. The molecule has 0 bridgehead atoms. The standard InChI is InChI=1S/C27H30F4N4O2/c1-33-17-25(32-18-33)26(36)35(16-20-7-10-24(28)23(14-20)27(29,30)31)21-4-3-12-34(13-11-21)15-19-5-8-22(37-2)9-6-19/h5-10,14,17-18,21H,3-4,11-13,15-16H2,1-2H3. The number of hydrogen-bond acceptors (Lipinski definition) is 4. The Morgan fingerprint density at radius 3 is 2.49 bits per heavy atom. The molecule has 1 aliphatic heterocycles. The number of alkyl halides is 3. The molecule has 1 saturated heterocycles. The van der Waals surface area contributed by atoms with Crippen molar-refractivity contribution < 1.29 is 27.1 Å². The van der Waals surface area contributed by atoms with Crippen molar-refractivity contribution in [3.63, 3.8) is 0 Å². The highest BCUT2D eigenvalue weighted by molar-refractivity contribution is 5.92. The van der Waals surface area contributed by atoms with Crippen LogP contribution in [0.15, 0.2) is 55.0 Å². The molecule has 10 heteroatoms. The van der Waals surface area contributed by atoms with Gasteiger partial charge in [-0.2, -0.15) is 13.2 Å². The number of aromatic nitrogens is 2. The first kappa shape index (κ1) is 26.7. The van der Waals surface area contributed by atoms with Crippen molar-refractivity contribution in [3.8, 4) is 5.75 Å². The smallest absolute Gasteiger partial charge is 0.419 e. The van der Waals surface area contributed by atoms with Crippen LogP contribution in [0.4, 0.5) is 17.6 Å². The van der Waals surface area contributed by atoms with Crippen molar-refractivity contribution >= 4 is 5.91 Å². The second-order valence-electron chi connectivity index (χ2n) is 9.38. The van der Waals surface area contributed by atoms with E-state index >= 15 is 0 Å². The van der Waals surface area contributed by atoms with E-state index in [2.05, 4.69) is 9.88 Å². The van der Waals surface area contributed by atoms with Gasteiger partial charge in [-0.05, 0) is 61.2 Å². The quantitative estimate of drug-likeness (QED) is 0.399. The van der Waals surface area contributed by atoms with Crippen LogP contribution in [0, 0.1) is 5.82 Å². The molecule has 1 fully saturated rings. The average molecular weight is 519 g/mol. The fourth-order valence-corrected chi connectivity index (χ4v) is 4.72. The van der Waals surface area contributed by atoms with Crippen LogP contribution >= 0.6 is 0 Å². The molecule has 2 aromatic carbocycles. The van der Waals surface area contributed by atoms with E-state index in [0.717, 1.165) is 49.5 Å². The normalized spacial score (nSPS) is 16.9. The summed E-state index contributed by atoms with van der Waals surface area (Å²) in [5.41, 5.74) is 0.255. The average Bonchev–Trinajstić information content (AvgIpc) is 3.17. The number of nitrogens with zero attached hydrogens (tertiary/aromatic N) is 4. The molecule has 2 heterocycles. The maximum atomic E-state index is 13.9. The molecular weight excluding hydrogens is 488 g/mol. The highest BCUT2D eigenvalue weighted by Gasteiger charge is 2.35. The third kappa shape index (κ3) is 6.68. The lowest BCUT2D eigenvalue weighted by Crippen LogP contribution is -2.40. The van der Waals surface area contributed by atoms with Gasteiger partial charge >= 0.3 is 6.18 Å². The summed E-state index contributed by atoms with van der Waals surface area (Å²) in [6.45, 7) is 2.24. The maximum Gasteiger partial charge on any atom is 0.419 e. The van der Waals surface area contributed by atoms with Crippen molar-refractivity contribution in [2.75, 3.05) is 20.2 Å². The molecule has 1 aliphatic rings. The number of ether oxygens (including phenoxy) is 1. The molecule has 37 heavy (non-hydrogen) atoms. The van der Waals surface area contributed by atoms with Crippen LogP contribution in [0.3, 0.4) is 0 Å². The fraction of sp³-hybridized carbons (Fsp3) is 0.407. The van der Waals surface area contributed by atoms with Crippen LogP contribution in [-0.4, -0.2) is 51.5 Å². The third-order valence-corrected chi connectivity index (χ3v) is 6.67. The van der Waals surface area contributed by atoms with Gasteiger partial charge in [-0.1, -0.05) is 18.2 Å². The number of methoxy groups -OCH3 is 1.